The van der Waals surface area contributed by atoms with Crippen molar-refractivity contribution in [1.82, 2.24) is 14.7 Å². The van der Waals surface area contributed by atoms with Crippen LogP contribution >= 0.6 is 0 Å². The van der Waals surface area contributed by atoms with Gasteiger partial charge in [-0.1, -0.05) is 0 Å². The lowest BCUT2D eigenvalue weighted by Gasteiger charge is -2.47. The van der Waals surface area contributed by atoms with E-state index in [9.17, 15) is 5.11 Å². The molecule has 0 radical (unpaired) electrons. The van der Waals surface area contributed by atoms with Crippen molar-refractivity contribution in [3.63, 3.8) is 0 Å². The fourth-order valence-corrected chi connectivity index (χ4v) is 5.14. The average molecular weight is 389 g/mol. The maximum atomic E-state index is 10.8. The van der Waals surface area contributed by atoms with E-state index in [1.165, 1.54) is 18.5 Å². The number of nitrogens with zero attached hydrogens (tertiary/aromatic N) is 4. The number of aliphatic hydroxyl groups excluding tert-OH is 1. The van der Waals surface area contributed by atoms with Gasteiger partial charge in [0, 0.05) is 70.1 Å². The molecular weight excluding hydrogens is 352 g/mol. The van der Waals surface area contributed by atoms with Gasteiger partial charge in [-0.3, -0.25) is 9.80 Å². The van der Waals surface area contributed by atoms with E-state index in [1.807, 2.05) is 12.1 Å². The number of methoxy groups -OCH3 is 1. The third-order valence-corrected chi connectivity index (χ3v) is 7.00. The molecule has 0 saturated carbocycles. The molecular formula is C22H36N4O2. The Bertz CT molecular complexity index is 609. The van der Waals surface area contributed by atoms with Crippen LogP contribution in [0.2, 0.25) is 0 Å². The van der Waals surface area contributed by atoms with Crippen molar-refractivity contribution in [3.8, 4) is 5.75 Å². The van der Waals surface area contributed by atoms with E-state index in [4.69, 9.17) is 4.74 Å². The zero-order valence-electron chi connectivity index (χ0n) is 17.5. The summed E-state index contributed by atoms with van der Waals surface area (Å²) in [6, 6.07) is 9.36. The molecule has 2 atom stereocenters. The summed E-state index contributed by atoms with van der Waals surface area (Å²) < 4.78 is 5.27. The maximum Gasteiger partial charge on any atom is 0.119 e. The quantitative estimate of drug-likeness (QED) is 0.840. The minimum Gasteiger partial charge on any atom is -0.497 e. The summed E-state index contributed by atoms with van der Waals surface area (Å²) in [6.45, 7) is 8.58. The topological polar surface area (TPSA) is 42.4 Å². The van der Waals surface area contributed by atoms with Crippen molar-refractivity contribution in [2.45, 2.75) is 37.5 Å². The van der Waals surface area contributed by atoms with Crippen molar-refractivity contribution in [2.75, 3.05) is 71.4 Å². The Labute approximate surface area is 169 Å². The molecule has 0 bridgehead atoms. The molecule has 0 spiro atoms. The van der Waals surface area contributed by atoms with Gasteiger partial charge in [0.25, 0.3) is 0 Å². The van der Waals surface area contributed by atoms with E-state index in [0.717, 1.165) is 64.5 Å². The predicted octanol–water partition coefficient (Wildman–Crippen LogP) is 1.35. The lowest BCUT2D eigenvalue weighted by atomic mass is 9.94. The molecule has 3 saturated heterocycles. The molecule has 0 aliphatic carbocycles. The molecule has 0 unspecified atom stereocenters. The zero-order valence-corrected chi connectivity index (χ0v) is 17.5. The van der Waals surface area contributed by atoms with Crippen LogP contribution in [0.4, 0.5) is 5.69 Å². The van der Waals surface area contributed by atoms with Gasteiger partial charge in [-0.05, 0) is 50.6 Å². The minimum atomic E-state index is -0.211. The number of benzene rings is 1. The van der Waals surface area contributed by atoms with E-state index < -0.39 is 0 Å². The van der Waals surface area contributed by atoms with Crippen molar-refractivity contribution in [2.24, 2.45) is 0 Å². The molecule has 3 aliphatic rings. The molecule has 3 aliphatic heterocycles. The molecule has 28 heavy (non-hydrogen) atoms. The van der Waals surface area contributed by atoms with Gasteiger partial charge in [-0.25, -0.2) is 0 Å². The fraction of sp³-hybridized carbons (Fsp3) is 0.727. The van der Waals surface area contributed by atoms with E-state index in [2.05, 4.69) is 38.8 Å². The second-order valence-electron chi connectivity index (χ2n) is 8.67. The first-order valence-corrected chi connectivity index (χ1v) is 10.9. The summed E-state index contributed by atoms with van der Waals surface area (Å²) in [5.41, 5.74) is 1.29. The third-order valence-electron chi connectivity index (χ3n) is 7.00. The van der Waals surface area contributed by atoms with Crippen molar-refractivity contribution in [1.29, 1.82) is 0 Å². The number of aliphatic hydroxyl groups is 1. The maximum absolute atomic E-state index is 10.8. The number of β-amino-alcohol motifs (C(OH)–C–C–N with tert-alkyl or cyclic N) is 1. The Morgan fingerprint density at radius 2 is 1.54 bits per heavy atom. The fourth-order valence-electron chi connectivity index (χ4n) is 5.14. The van der Waals surface area contributed by atoms with Crippen LogP contribution in [0, 0.1) is 0 Å². The monoisotopic (exact) mass is 388 g/mol. The van der Waals surface area contributed by atoms with Gasteiger partial charge >= 0.3 is 0 Å². The van der Waals surface area contributed by atoms with Gasteiger partial charge in [0.2, 0.25) is 0 Å². The molecule has 1 aromatic rings. The van der Waals surface area contributed by atoms with Crippen LogP contribution in [0.1, 0.15) is 19.3 Å². The Balaban J connectivity index is 1.26. The highest BCUT2D eigenvalue weighted by atomic mass is 16.5. The number of likely N-dealkylation sites (tertiary alicyclic amines) is 1. The summed E-state index contributed by atoms with van der Waals surface area (Å²) in [4.78, 5) is 9.94. The predicted molar refractivity (Wildman–Crippen MR) is 113 cm³/mol. The first-order valence-electron chi connectivity index (χ1n) is 10.9. The molecule has 0 aromatic heterocycles. The number of hydrogen-bond acceptors (Lipinski definition) is 6. The Morgan fingerprint density at radius 1 is 0.857 bits per heavy atom. The van der Waals surface area contributed by atoms with Crippen LogP contribution in [0.3, 0.4) is 0 Å². The lowest BCUT2D eigenvalue weighted by Crippen LogP contribution is -2.60. The van der Waals surface area contributed by atoms with Gasteiger partial charge in [0.15, 0.2) is 0 Å². The van der Waals surface area contributed by atoms with Gasteiger partial charge in [0.05, 0.1) is 13.2 Å². The number of ether oxygens (including phenoxy) is 1. The molecule has 3 fully saturated rings. The highest BCUT2D eigenvalue weighted by Gasteiger charge is 2.36. The van der Waals surface area contributed by atoms with Gasteiger partial charge in [-0.15, -0.1) is 0 Å². The number of hydrogen-bond donors (Lipinski definition) is 1. The second kappa shape index (κ2) is 8.99. The number of anilines is 1. The van der Waals surface area contributed by atoms with Crippen molar-refractivity contribution < 1.29 is 9.84 Å². The molecule has 6 nitrogen and oxygen atoms in total. The van der Waals surface area contributed by atoms with Crippen LogP contribution in [0.5, 0.6) is 5.75 Å². The number of piperidine rings is 2. The highest BCUT2D eigenvalue weighted by molar-refractivity contribution is 5.49. The van der Waals surface area contributed by atoms with Crippen LogP contribution < -0.4 is 9.64 Å². The summed E-state index contributed by atoms with van der Waals surface area (Å²) in [7, 11) is 3.90. The molecule has 4 rings (SSSR count). The Hall–Kier alpha value is -1.34. The molecule has 3 heterocycles. The number of rotatable bonds is 4. The smallest absolute Gasteiger partial charge is 0.119 e. The van der Waals surface area contributed by atoms with E-state index >= 15 is 0 Å². The molecule has 6 heteroatoms. The van der Waals surface area contributed by atoms with E-state index in [-0.39, 0.29) is 6.10 Å². The average Bonchev–Trinajstić information content (AvgIpc) is 2.75. The minimum absolute atomic E-state index is 0.211. The van der Waals surface area contributed by atoms with Crippen molar-refractivity contribution >= 4 is 5.69 Å². The highest BCUT2D eigenvalue weighted by Crippen LogP contribution is 2.27. The standard InChI is InChI=1S/C22H36N4O2/c1-23-13-15-25(16-14-23)21-9-12-26(17-22(21)27)19-7-10-24(11-8-19)18-3-5-20(28-2)6-4-18/h3-6,19,21-22,27H,7-17H2,1-2H3/t21-,22-/m1/s1. The summed E-state index contributed by atoms with van der Waals surface area (Å²) in [5, 5.41) is 10.8. The third kappa shape index (κ3) is 4.46. The van der Waals surface area contributed by atoms with Crippen LogP contribution in [-0.2, 0) is 0 Å². The molecule has 156 valence electrons. The van der Waals surface area contributed by atoms with Crippen LogP contribution in [0.15, 0.2) is 24.3 Å². The lowest BCUT2D eigenvalue weighted by molar-refractivity contribution is -0.0396. The van der Waals surface area contributed by atoms with Gasteiger partial charge in [0.1, 0.15) is 5.75 Å². The number of likely N-dealkylation sites (N-methyl/N-ethyl adjacent to an activating group) is 1. The van der Waals surface area contributed by atoms with Gasteiger partial charge < -0.3 is 19.6 Å². The van der Waals surface area contributed by atoms with E-state index in [0.29, 0.717) is 12.1 Å². The summed E-state index contributed by atoms with van der Waals surface area (Å²) in [6.07, 6.45) is 3.25. The van der Waals surface area contributed by atoms with Gasteiger partial charge in [-0.2, -0.15) is 0 Å². The SMILES string of the molecule is COc1ccc(N2CCC(N3CC[C@@H](N4CCN(C)CC4)[C@H](O)C3)CC2)cc1. The number of piperazine rings is 1. The second-order valence-corrected chi connectivity index (χ2v) is 8.67. The normalized spacial score (nSPS) is 29.2. The van der Waals surface area contributed by atoms with Crippen LogP contribution in [0.25, 0.3) is 0 Å². The summed E-state index contributed by atoms with van der Waals surface area (Å²) in [5.74, 6) is 0.913. The zero-order chi connectivity index (χ0) is 19.5. The first-order chi connectivity index (χ1) is 13.6. The molecule has 0 amide bonds. The Morgan fingerprint density at radius 3 is 2.14 bits per heavy atom. The largest absolute Gasteiger partial charge is 0.497 e. The first kappa shape index (κ1) is 20.0. The molecule has 1 aromatic carbocycles. The van der Waals surface area contributed by atoms with Crippen LogP contribution in [-0.4, -0.2) is 105 Å². The van der Waals surface area contributed by atoms with Crippen molar-refractivity contribution in [3.05, 3.63) is 24.3 Å². The molecule has 1 N–H and O–H groups in total. The Kier molecular flexibility index (Phi) is 6.41. The summed E-state index contributed by atoms with van der Waals surface area (Å²) >= 11 is 0. The van der Waals surface area contributed by atoms with E-state index in [1.54, 1.807) is 7.11 Å².